The summed E-state index contributed by atoms with van der Waals surface area (Å²) in [5.74, 6) is -1.41. The summed E-state index contributed by atoms with van der Waals surface area (Å²) in [5, 5.41) is 2.36. The second kappa shape index (κ2) is 6.17. The van der Waals surface area contributed by atoms with Crippen LogP contribution in [0.2, 0.25) is 0 Å². The maximum Gasteiger partial charge on any atom is 0.482 e. The van der Waals surface area contributed by atoms with Crippen molar-refractivity contribution < 1.29 is 18.3 Å². The van der Waals surface area contributed by atoms with Crippen molar-refractivity contribution in [3.8, 4) is 5.75 Å². The number of piperidine rings is 1. The number of carbonyl (C=O) groups is 1. The summed E-state index contributed by atoms with van der Waals surface area (Å²) in [4.78, 5) is 13.7. The van der Waals surface area contributed by atoms with Gasteiger partial charge in [-0.1, -0.05) is 18.2 Å². The van der Waals surface area contributed by atoms with Crippen molar-refractivity contribution in [2.45, 2.75) is 25.0 Å². The van der Waals surface area contributed by atoms with Gasteiger partial charge in [-0.25, -0.2) is 0 Å². The molecule has 0 aromatic heterocycles. The average molecular weight is 284 g/mol. The Hall–Kier alpha value is -1.69. The number of nitrogens with zero attached hydrogens (tertiary/aromatic N) is 1. The lowest BCUT2D eigenvalue weighted by Gasteiger charge is -2.30. The predicted molar refractivity (Wildman–Crippen MR) is 70.7 cm³/mol. The fourth-order valence-electron chi connectivity index (χ4n) is 2.11. The van der Waals surface area contributed by atoms with Crippen LogP contribution in [-0.2, 0) is 4.79 Å². The SMILES string of the molecule is CN1CCC(NC(=O)C(F)(F)Oc2ccccc2)CC1. The van der Waals surface area contributed by atoms with Gasteiger partial charge in [0.15, 0.2) is 0 Å². The molecule has 0 aliphatic carbocycles. The number of likely N-dealkylation sites (tertiary alicyclic amines) is 1. The van der Waals surface area contributed by atoms with E-state index >= 15 is 0 Å². The molecule has 1 heterocycles. The molecule has 0 saturated carbocycles. The first-order valence-electron chi connectivity index (χ1n) is 6.59. The van der Waals surface area contributed by atoms with E-state index in [1.54, 1.807) is 18.2 Å². The minimum absolute atomic E-state index is 0.0315. The molecule has 2 rings (SSSR count). The second-order valence-corrected chi connectivity index (χ2v) is 4.98. The molecular formula is C14H18F2N2O2. The van der Waals surface area contributed by atoms with E-state index in [4.69, 9.17) is 0 Å². The standard InChI is InChI=1S/C14H18F2N2O2/c1-18-9-7-11(8-10-18)17-13(19)14(15,16)20-12-5-3-2-4-6-12/h2-6,11H,7-10H2,1H3,(H,17,19). The van der Waals surface area contributed by atoms with Crippen LogP contribution in [0.25, 0.3) is 0 Å². The summed E-state index contributed by atoms with van der Waals surface area (Å²) in [6.45, 7) is 1.58. The molecule has 1 amide bonds. The van der Waals surface area contributed by atoms with Crippen molar-refractivity contribution >= 4 is 5.91 Å². The molecule has 0 atom stereocenters. The normalized spacial score (nSPS) is 17.8. The molecule has 0 radical (unpaired) electrons. The lowest BCUT2D eigenvalue weighted by molar-refractivity contribution is -0.193. The molecule has 110 valence electrons. The van der Waals surface area contributed by atoms with E-state index in [0.717, 1.165) is 13.1 Å². The number of carbonyl (C=O) groups excluding carboxylic acids is 1. The predicted octanol–water partition coefficient (Wildman–Crippen LogP) is 1.87. The molecule has 1 saturated heterocycles. The molecule has 1 aromatic rings. The van der Waals surface area contributed by atoms with Gasteiger partial charge in [-0.3, -0.25) is 4.79 Å². The van der Waals surface area contributed by atoms with E-state index in [-0.39, 0.29) is 11.8 Å². The number of amides is 1. The minimum Gasteiger partial charge on any atom is -0.425 e. The Balaban J connectivity index is 1.90. The van der Waals surface area contributed by atoms with Gasteiger partial charge in [0.1, 0.15) is 5.75 Å². The lowest BCUT2D eigenvalue weighted by atomic mass is 10.1. The highest BCUT2D eigenvalue weighted by Gasteiger charge is 2.43. The van der Waals surface area contributed by atoms with Crippen LogP contribution in [0, 0.1) is 0 Å². The minimum atomic E-state index is -3.86. The monoisotopic (exact) mass is 284 g/mol. The number of benzene rings is 1. The second-order valence-electron chi connectivity index (χ2n) is 4.98. The Morgan fingerprint density at radius 3 is 2.50 bits per heavy atom. The molecule has 20 heavy (non-hydrogen) atoms. The zero-order valence-electron chi connectivity index (χ0n) is 11.3. The molecule has 4 nitrogen and oxygen atoms in total. The van der Waals surface area contributed by atoms with Gasteiger partial charge in [0.05, 0.1) is 0 Å². The van der Waals surface area contributed by atoms with Crippen LogP contribution in [0.3, 0.4) is 0 Å². The lowest BCUT2D eigenvalue weighted by Crippen LogP contribution is -2.51. The summed E-state index contributed by atoms with van der Waals surface area (Å²) in [6.07, 6.45) is -2.52. The fraction of sp³-hybridized carbons (Fsp3) is 0.500. The maximum atomic E-state index is 13.7. The van der Waals surface area contributed by atoms with E-state index in [1.807, 2.05) is 7.05 Å². The van der Waals surface area contributed by atoms with Crippen LogP contribution < -0.4 is 10.1 Å². The molecule has 1 aliphatic heterocycles. The highest BCUT2D eigenvalue weighted by molar-refractivity contribution is 5.82. The van der Waals surface area contributed by atoms with Crippen LogP contribution in [0.5, 0.6) is 5.75 Å². The highest BCUT2D eigenvalue weighted by atomic mass is 19.3. The molecule has 6 heteroatoms. The zero-order chi connectivity index (χ0) is 14.6. The summed E-state index contributed by atoms with van der Waals surface area (Å²) >= 11 is 0. The summed E-state index contributed by atoms with van der Waals surface area (Å²) < 4.78 is 31.9. The van der Waals surface area contributed by atoms with Crippen LogP contribution in [0.15, 0.2) is 30.3 Å². The smallest absolute Gasteiger partial charge is 0.425 e. The van der Waals surface area contributed by atoms with E-state index in [1.165, 1.54) is 12.1 Å². The average Bonchev–Trinajstić information content (AvgIpc) is 2.42. The molecule has 0 bridgehead atoms. The van der Waals surface area contributed by atoms with Gasteiger partial charge >= 0.3 is 12.0 Å². The van der Waals surface area contributed by atoms with Crippen molar-refractivity contribution in [2.24, 2.45) is 0 Å². The van der Waals surface area contributed by atoms with Crippen LogP contribution >= 0.6 is 0 Å². The van der Waals surface area contributed by atoms with Crippen LogP contribution in [0.1, 0.15) is 12.8 Å². The number of para-hydroxylation sites is 1. The highest BCUT2D eigenvalue weighted by Crippen LogP contribution is 2.22. The Labute approximate surface area is 116 Å². The van der Waals surface area contributed by atoms with E-state index < -0.39 is 12.0 Å². The number of hydrogen-bond donors (Lipinski definition) is 1. The van der Waals surface area contributed by atoms with Crippen molar-refractivity contribution in [3.63, 3.8) is 0 Å². The van der Waals surface area contributed by atoms with Gasteiger partial charge in [-0.15, -0.1) is 0 Å². The van der Waals surface area contributed by atoms with Crippen molar-refractivity contribution in [2.75, 3.05) is 20.1 Å². The third kappa shape index (κ3) is 3.90. The molecular weight excluding hydrogens is 266 g/mol. The van der Waals surface area contributed by atoms with Crippen molar-refractivity contribution in [1.82, 2.24) is 10.2 Å². The number of alkyl halides is 2. The van der Waals surface area contributed by atoms with Gasteiger partial charge in [0.25, 0.3) is 0 Å². The molecule has 0 spiro atoms. The Bertz CT molecular complexity index is 446. The zero-order valence-corrected chi connectivity index (χ0v) is 11.3. The Morgan fingerprint density at radius 2 is 1.90 bits per heavy atom. The van der Waals surface area contributed by atoms with Gasteiger partial charge < -0.3 is 15.0 Å². The van der Waals surface area contributed by atoms with Crippen LogP contribution in [0.4, 0.5) is 8.78 Å². The van der Waals surface area contributed by atoms with Gasteiger partial charge in [0, 0.05) is 6.04 Å². The summed E-state index contributed by atoms with van der Waals surface area (Å²) in [7, 11) is 1.96. The van der Waals surface area contributed by atoms with E-state index in [9.17, 15) is 13.6 Å². The quantitative estimate of drug-likeness (QED) is 0.917. The number of hydrogen-bond acceptors (Lipinski definition) is 3. The van der Waals surface area contributed by atoms with Crippen LogP contribution in [-0.4, -0.2) is 43.1 Å². The summed E-state index contributed by atoms with van der Waals surface area (Å²) in [6, 6.07) is 7.38. The first-order valence-corrected chi connectivity index (χ1v) is 6.59. The molecule has 1 aromatic carbocycles. The molecule has 1 aliphatic rings. The van der Waals surface area contributed by atoms with Gasteiger partial charge in [0.2, 0.25) is 0 Å². The number of nitrogens with one attached hydrogen (secondary N) is 1. The third-order valence-corrected chi connectivity index (χ3v) is 3.31. The topological polar surface area (TPSA) is 41.6 Å². The molecule has 1 N–H and O–H groups in total. The first kappa shape index (κ1) is 14.7. The Morgan fingerprint density at radius 1 is 1.30 bits per heavy atom. The molecule has 1 fully saturated rings. The number of ether oxygens (including phenoxy) is 1. The third-order valence-electron chi connectivity index (χ3n) is 3.31. The fourth-order valence-corrected chi connectivity index (χ4v) is 2.11. The van der Waals surface area contributed by atoms with Gasteiger partial charge in [-0.2, -0.15) is 8.78 Å². The van der Waals surface area contributed by atoms with E-state index in [2.05, 4.69) is 15.0 Å². The summed E-state index contributed by atoms with van der Waals surface area (Å²) in [5.41, 5.74) is 0. The van der Waals surface area contributed by atoms with Gasteiger partial charge in [-0.05, 0) is 45.1 Å². The molecule has 0 unspecified atom stereocenters. The largest absolute Gasteiger partial charge is 0.482 e. The van der Waals surface area contributed by atoms with Crippen molar-refractivity contribution in [1.29, 1.82) is 0 Å². The van der Waals surface area contributed by atoms with Crippen molar-refractivity contribution in [3.05, 3.63) is 30.3 Å². The maximum absolute atomic E-state index is 13.7. The Kier molecular flexibility index (Phi) is 4.54. The van der Waals surface area contributed by atoms with E-state index in [0.29, 0.717) is 12.8 Å². The first-order chi connectivity index (χ1) is 9.47. The number of rotatable bonds is 4. The number of halogens is 2.